The van der Waals surface area contributed by atoms with E-state index in [1.54, 1.807) is 12.3 Å². The van der Waals surface area contributed by atoms with Gasteiger partial charge in [-0.05, 0) is 53.6 Å². The lowest BCUT2D eigenvalue weighted by atomic mass is 9.80. The molecule has 3 nitrogen and oxygen atoms in total. The largest absolute Gasteiger partial charge is 0.392 e. The molecule has 22 heavy (non-hydrogen) atoms. The SMILES string of the molecule is OCc1cc(F)ccc1-c1cnc2[nH]cc(C3CCC3)c2c1. The molecule has 1 saturated carbocycles. The van der Waals surface area contributed by atoms with Crippen LogP contribution in [0.25, 0.3) is 22.2 Å². The Morgan fingerprint density at radius 2 is 2.14 bits per heavy atom. The van der Waals surface area contributed by atoms with E-state index in [-0.39, 0.29) is 12.4 Å². The van der Waals surface area contributed by atoms with Crippen molar-refractivity contribution in [2.75, 3.05) is 0 Å². The average Bonchev–Trinajstić information content (AvgIpc) is 2.88. The van der Waals surface area contributed by atoms with E-state index < -0.39 is 0 Å². The van der Waals surface area contributed by atoms with Crippen molar-refractivity contribution in [1.29, 1.82) is 0 Å². The lowest BCUT2D eigenvalue weighted by Gasteiger charge is -2.24. The molecule has 0 spiro atoms. The van der Waals surface area contributed by atoms with Gasteiger partial charge in [0, 0.05) is 23.3 Å². The molecule has 4 heteroatoms. The molecule has 0 atom stereocenters. The second kappa shape index (κ2) is 5.21. The minimum absolute atomic E-state index is 0.187. The third-order valence-corrected chi connectivity index (χ3v) is 4.66. The van der Waals surface area contributed by atoms with E-state index in [0.717, 1.165) is 22.2 Å². The summed E-state index contributed by atoms with van der Waals surface area (Å²) in [6.07, 6.45) is 7.58. The summed E-state index contributed by atoms with van der Waals surface area (Å²) >= 11 is 0. The molecule has 1 aliphatic carbocycles. The van der Waals surface area contributed by atoms with Crippen LogP contribution in [-0.4, -0.2) is 15.1 Å². The highest BCUT2D eigenvalue weighted by atomic mass is 19.1. The number of aliphatic hydroxyl groups excluding tert-OH is 1. The normalized spacial score (nSPS) is 15.2. The number of hydrogen-bond acceptors (Lipinski definition) is 2. The van der Waals surface area contributed by atoms with Crippen LogP contribution in [0.15, 0.2) is 36.7 Å². The molecule has 0 saturated heterocycles. The van der Waals surface area contributed by atoms with Gasteiger partial charge in [0.15, 0.2) is 0 Å². The number of aliphatic hydroxyl groups is 1. The van der Waals surface area contributed by atoms with Gasteiger partial charge in [0.05, 0.1) is 6.61 Å². The number of nitrogens with one attached hydrogen (secondary N) is 1. The summed E-state index contributed by atoms with van der Waals surface area (Å²) in [4.78, 5) is 7.72. The van der Waals surface area contributed by atoms with Crippen LogP contribution in [0.5, 0.6) is 0 Å². The van der Waals surface area contributed by atoms with Gasteiger partial charge in [-0.25, -0.2) is 9.37 Å². The Balaban J connectivity index is 1.85. The quantitative estimate of drug-likeness (QED) is 0.763. The number of rotatable bonds is 3. The first-order valence-corrected chi connectivity index (χ1v) is 7.63. The molecule has 1 aliphatic rings. The molecule has 0 aliphatic heterocycles. The predicted molar refractivity (Wildman–Crippen MR) is 84.0 cm³/mol. The van der Waals surface area contributed by atoms with E-state index in [1.807, 2.05) is 0 Å². The highest BCUT2D eigenvalue weighted by molar-refractivity contribution is 5.85. The molecule has 4 rings (SSSR count). The lowest BCUT2D eigenvalue weighted by molar-refractivity contribution is 0.282. The smallest absolute Gasteiger partial charge is 0.137 e. The lowest BCUT2D eigenvalue weighted by Crippen LogP contribution is -2.07. The summed E-state index contributed by atoms with van der Waals surface area (Å²) in [7, 11) is 0. The first-order chi connectivity index (χ1) is 10.8. The van der Waals surface area contributed by atoms with Gasteiger partial charge in [-0.3, -0.25) is 0 Å². The topological polar surface area (TPSA) is 48.9 Å². The number of halogens is 1. The summed E-state index contributed by atoms with van der Waals surface area (Å²) in [5, 5.41) is 10.6. The zero-order valence-corrected chi connectivity index (χ0v) is 12.1. The average molecular weight is 296 g/mol. The second-order valence-electron chi connectivity index (χ2n) is 5.95. The molecule has 0 unspecified atom stereocenters. The number of fused-ring (bicyclic) bond motifs is 1. The Morgan fingerprint density at radius 1 is 1.27 bits per heavy atom. The zero-order chi connectivity index (χ0) is 15.1. The maximum absolute atomic E-state index is 13.3. The molecule has 0 radical (unpaired) electrons. The third kappa shape index (κ3) is 2.11. The molecule has 0 amide bonds. The Bertz CT molecular complexity index is 836. The van der Waals surface area contributed by atoms with Gasteiger partial charge in [0.1, 0.15) is 11.5 Å². The minimum Gasteiger partial charge on any atom is -0.392 e. The summed E-state index contributed by atoms with van der Waals surface area (Å²) in [5.41, 5.74) is 4.54. The predicted octanol–water partition coefficient (Wildman–Crippen LogP) is 4.13. The fourth-order valence-electron chi connectivity index (χ4n) is 3.20. The molecule has 2 N–H and O–H groups in total. The summed E-state index contributed by atoms with van der Waals surface area (Å²) in [6.45, 7) is -0.187. The molecular formula is C18H17FN2O. The van der Waals surface area contributed by atoms with E-state index >= 15 is 0 Å². The van der Waals surface area contributed by atoms with Crippen molar-refractivity contribution in [2.45, 2.75) is 31.8 Å². The molecular weight excluding hydrogens is 279 g/mol. The Labute approximate surface area is 127 Å². The van der Waals surface area contributed by atoms with Crippen LogP contribution in [0.1, 0.15) is 36.3 Å². The van der Waals surface area contributed by atoms with E-state index in [9.17, 15) is 9.50 Å². The number of H-pyrrole nitrogens is 1. The van der Waals surface area contributed by atoms with Crippen molar-refractivity contribution in [3.05, 3.63) is 53.6 Å². The van der Waals surface area contributed by atoms with Gasteiger partial charge in [-0.15, -0.1) is 0 Å². The number of benzene rings is 1. The molecule has 3 aromatic rings. The first kappa shape index (κ1) is 13.5. The minimum atomic E-state index is -0.335. The summed E-state index contributed by atoms with van der Waals surface area (Å²) < 4.78 is 13.3. The highest BCUT2D eigenvalue weighted by Crippen LogP contribution is 2.40. The van der Waals surface area contributed by atoms with Crippen LogP contribution in [0.3, 0.4) is 0 Å². The maximum Gasteiger partial charge on any atom is 0.137 e. The van der Waals surface area contributed by atoms with Gasteiger partial charge < -0.3 is 10.1 Å². The standard InChI is InChI=1S/C18H17FN2O/c19-14-4-5-15(13(6-14)10-22)12-7-16-17(11-2-1-3-11)9-21-18(16)20-8-12/h4-9,11,22H,1-3,10H2,(H,20,21). The van der Waals surface area contributed by atoms with E-state index in [4.69, 9.17) is 0 Å². The van der Waals surface area contributed by atoms with Crippen molar-refractivity contribution in [1.82, 2.24) is 9.97 Å². The van der Waals surface area contributed by atoms with Crippen LogP contribution in [0, 0.1) is 5.82 Å². The van der Waals surface area contributed by atoms with Gasteiger partial charge in [-0.1, -0.05) is 12.5 Å². The molecule has 2 aromatic heterocycles. The summed E-state index contributed by atoms with van der Waals surface area (Å²) in [6, 6.07) is 6.60. The van der Waals surface area contributed by atoms with Crippen molar-refractivity contribution < 1.29 is 9.50 Å². The van der Waals surface area contributed by atoms with Gasteiger partial charge in [0.25, 0.3) is 0 Å². The summed E-state index contributed by atoms with van der Waals surface area (Å²) in [5.74, 6) is 0.287. The van der Waals surface area contributed by atoms with Crippen molar-refractivity contribution in [2.24, 2.45) is 0 Å². The monoisotopic (exact) mass is 296 g/mol. The van der Waals surface area contributed by atoms with Crippen molar-refractivity contribution in [3.63, 3.8) is 0 Å². The number of aromatic nitrogens is 2. The molecule has 112 valence electrons. The maximum atomic E-state index is 13.3. The molecule has 1 fully saturated rings. The van der Waals surface area contributed by atoms with Gasteiger partial charge in [0.2, 0.25) is 0 Å². The van der Waals surface area contributed by atoms with E-state index in [1.165, 1.54) is 37.0 Å². The van der Waals surface area contributed by atoms with Crippen molar-refractivity contribution >= 4 is 11.0 Å². The fourth-order valence-corrected chi connectivity index (χ4v) is 3.20. The van der Waals surface area contributed by atoms with Crippen molar-refractivity contribution in [3.8, 4) is 11.1 Å². The van der Waals surface area contributed by atoms with Crippen LogP contribution in [-0.2, 0) is 6.61 Å². The van der Waals surface area contributed by atoms with Crippen LogP contribution in [0.2, 0.25) is 0 Å². The number of pyridine rings is 1. The molecule has 1 aromatic carbocycles. The first-order valence-electron chi connectivity index (χ1n) is 7.63. The molecule has 2 heterocycles. The van der Waals surface area contributed by atoms with Gasteiger partial charge in [-0.2, -0.15) is 0 Å². The van der Waals surface area contributed by atoms with E-state index in [0.29, 0.717) is 11.5 Å². The number of nitrogens with zero attached hydrogens (tertiary/aromatic N) is 1. The zero-order valence-electron chi connectivity index (χ0n) is 12.1. The van der Waals surface area contributed by atoms with Crippen LogP contribution in [0.4, 0.5) is 4.39 Å². The number of aromatic amines is 1. The second-order valence-corrected chi connectivity index (χ2v) is 5.95. The van der Waals surface area contributed by atoms with Crippen LogP contribution >= 0.6 is 0 Å². The fraction of sp³-hybridized carbons (Fsp3) is 0.278. The molecule has 0 bridgehead atoms. The van der Waals surface area contributed by atoms with E-state index in [2.05, 4.69) is 22.2 Å². The van der Waals surface area contributed by atoms with Crippen LogP contribution < -0.4 is 0 Å². The number of hydrogen-bond donors (Lipinski definition) is 2. The Hall–Kier alpha value is -2.20. The Morgan fingerprint density at radius 3 is 2.86 bits per heavy atom. The highest BCUT2D eigenvalue weighted by Gasteiger charge is 2.23. The third-order valence-electron chi connectivity index (χ3n) is 4.66. The van der Waals surface area contributed by atoms with Gasteiger partial charge >= 0.3 is 0 Å². The Kier molecular flexibility index (Phi) is 3.19.